The zero-order valence-electron chi connectivity index (χ0n) is 14.2. The third-order valence-electron chi connectivity index (χ3n) is 3.34. The van der Waals surface area contributed by atoms with E-state index in [-0.39, 0.29) is 0 Å². The average Bonchev–Trinajstić information content (AvgIpc) is 3.05. The number of methoxy groups -OCH3 is 1. The number of nitrogens with zero attached hydrogens (tertiary/aromatic N) is 2. The molecule has 5 nitrogen and oxygen atoms in total. The number of aliphatic imine (C=N–C) groups is 1. The van der Waals surface area contributed by atoms with Crippen molar-refractivity contribution in [3.05, 3.63) is 44.3 Å². The van der Waals surface area contributed by atoms with E-state index in [4.69, 9.17) is 4.74 Å². The molecule has 0 saturated carbocycles. The van der Waals surface area contributed by atoms with Gasteiger partial charge in [0.25, 0.3) is 0 Å². The number of nitrogens with one attached hydrogen (secondary N) is 2. The predicted molar refractivity (Wildman–Crippen MR) is 104 cm³/mol. The van der Waals surface area contributed by atoms with Gasteiger partial charge in [0.2, 0.25) is 0 Å². The highest BCUT2D eigenvalue weighted by molar-refractivity contribution is 9.10. The molecule has 1 aromatic carbocycles. The molecule has 0 aliphatic rings. The number of aryl methyl sites for hydroxylation is 1. The topological polar surface area (TPSA) is 58.5 Å². The van der Waals surface area contributed by atoms with Gasteiger partial charge in [-0.1, -0.05) is 13.0 Å². The van der Waals surface area contributed by atoms with E-state index < -0.39 is 0 Å². The third-order valence-corrected chi connectivity index (χ3v) is 5.10. The normalized spacial score (nSPS) is 11.4. The van der Waals surface area contributed by atoms with Crippen LogP contribution < -0.4 is 15.4 Å². The molecule has 0 aliphatic carbocycles. The van der Waals surface area contributed by atoms with Crippen LogP contribution in [0.3, 0.4) is 0 Å². The molecular weight excluding hydrogens is 388 g/mol. The van der Waals surface area contributed by atoms with Crippen LogP contribution in [-0.2, 0) is 19.5 Å². The van der Waals surface area contributed by atoms with Crippen molar-refractivity contribution < 1.29 is 4.74 Å². The number of rotatable bonds is 7. The Morgan fingerprint density at radius 1 is 1.33 bits per heavy atom. The summed E-state index contributed by atoms with van der Waals surface area (Å²) in [4.78, 5) is 10.4. The summed E-state index contributed by atoms with van der Waals surface area (Å²) in [5, 5.41) is 7.67. The predicted octanol–water partition coefficient (Wildman–Crippen LogP) is 3.73. The Bertz CT molecular complexity index is 687. The minimum Gasteiger partial charge on any atom is -0.496 e. The maximum absolute atomic E-state index is 5.25. The van der Waals surface area contributed by atoms with Crippen molar-refractivity contribution in [2.45, 2.75) is 33.4 Å². The summed E-state index contributed by atoms with van der Waals surface area (Å²) in [6.45, 7) is 6.29. The Morgan fingerprint density at radius 3 is 2.79 bits per heavy atom. The van der Waals surface area contributed by atoms with Gasteiger partial charge in [-0.15, -0.1) is 11.3 Å². The van der Waals surface area contributed by atoms with Gasteiger partial charge in [0.1, 0.15) is 10.8 Å². The summed E-state index contributed by atoms with van der Waals surface area (Å²) < 4.78 is 6.19. The lowest BCUT2D eigenvalue weighted by atomic mass is 10.2. The van der Waals surface area contributed by atoms with Crippen molar-refractivity contribution in [3.63, 3.8) is 0 Å². The van der Waals surface area contributed by atoms with Gasteiger partial charge in [0, 0.05) is 17.6 Å². The minimum absolute atomic E-state index is 0.593. The Labute approximate surface area is 155 Å². The molecule has 24 heavy (non-hydrogen) atoms. The number of thiazole rings is 1. The number of ether oxygens (including phenoxy) is 1. The van der Waals surface area contributed by atoms with Crippen molar-refractivity contribution >= 4 is 33.2 Å². The van der Waals surface area contributed by atoms with Crippen LogP contribution >= 0.6 is 27.3 Å². The summed E-state index contributed by atoms with van der Waals surface area (Å²) in [5.41, 5.74) is 1.11. The lowest BCUT2D eigenvalue weighted by Gasteiger charge is -2.10. The van der Waals surface area contributed by atoms with Gasteiger partial charge in [-0.2, -0.15) is 0 Å². The SMILES string of the molecule is CCNC(=NCc1ccc(OC)c(Br)c1)NCc1ncc(CC)s1. The van der Waals surface area contributed by atoms with Crippen LogP contribution in [0.15, 0.2) is 33.9 Å². The summed E-state index contributed by atoms with van der Waals surface area (Å²) in [7, 11) is 1.66. The molecular formula is C17H23BrN4OS. The molecule has 0 aliphatic heterocycles. The molecule has 0 atom stereocenters. The van der Waals surface area contributed by atoms with Gasteiger partial charge >= 0.3 is 0 Å². The first-order valence-electron chi connectivity index (χ1n) is 7.94. The average molecular weight is 411 g/mol. The maximum Gasteiger partial charge on any atom is 0.191 e. The van der Waals surface area contributed by atoms with Crippen LogP contribution in [0.2, 0.25) is 0 Å². The quantitative estimate of drug-likeness (QED) is 0.539. The zero-order valence-corrected chi connectivity index (χ0v) is 16.6. The maximum atomic E-state index is 5.25. The van der Waals surface area contributed by atoms with E-state index >= 15 is 0 Å². The largest absolute Gasteiger partial charge is 0.496 e. The molecule has 2 rings (SSSR count). The van der Waals surface area contributed by atoms with Gasteiger partial charge in [-0.05, 0) is 47.0 Å². The Kier molecular flexibility index (Phi) is 7.52. The fourth-order valence-corrected chi connectivity index (χ4v) is 3.46. The second-order valence-electron chi connectivity index (χ2n) is 5.09. The van der Waals surface area contributed by atoms with Crippen LogP contribution in [0.5, 0.6) is 5.75 Å². The van der Waals surface area contributed by atoms with Crippen molar-refractivity contribution in [1.29, 1.82) is 0 Å². The highest BCUT2D eigenvalue weighted by Crippen LogP contribution is 2.25. The van der Waals surface area contributed by atoms with E-state index in [1.165, 1.54) is 4.88 Å². The van der Waals surface area contributed by atoms with Gasteiger partial charge in [0.15, 0.2) is 5.96 Å². The number of benzene rings is 1. The lowest BCUT2D eigenvalue weighted by Crippen LogP contribution is -2.36. The van der Waals surface area contributed by atoms with E-state index in [2.05, 4.69) is 50.4 Å². The van der Waals surface area contributed by atoms with Gasteiger partial charge in [-0.3, -0.25) is 0 Å². The van der Waals surface area contributed by atoms with Crippen molar-refractivity contribution in [1.82, 2.24) is 15.6 Å². The number of halogens is 1. The molecule has 0 unspecified atom stereocenters. The van der Waals surface area contributed by atoms with E-state index in [1.54, 1.807) is 18.4 Å². The summed E-state index contributed by atoms with van der Waals surface area (Å²) in [6.07, 6.45) is 2.97. The van der Waals surface area contributed by atoms with E-state index in [1.807, 2.05) is 24.4 Å². The van der Waals surface area contributed by atoms with Crippen LogP contribution in [0.1, 0.15) is 29.3 Å². The first-order valence-corrected chi connectivity index (χ1v) is 9.55. The number of hydrogen-bond donors (Lipinski definition) is 2. The van der Waals surface area contributed by atoms with Crippen LogP contribution in [0.4, 0.5) is 0 Å². The molecule has 0 spiro atoms. The highest BCUT2D eigenvalue weighted by atomic mass is 79.9. The highest BCUT2D eigenvalue weighted by Gasteiger charge is 2.04. The molecule has 0 amide bonds. The molecule has 2 aromatic rings. The van der Waals surface area contributed by atoms with Crippen molar-refractivity contribution in [3.8, 4) is 5.75 Å². The molecule has 7 heteroatoms. The van der Waals surface area contributed by atoms with E-state index in [9.17, 15) is 0 Å². The minimum atomic E-state index is 0.593. The molecule has 0 fully saturated rings. The summed E-state index contributed by atoms with van der Waals surface area (Å²) in [5.74, 6) is 1.61. The standard InChI is InChI=1S/C17H23BrN4OS/c1-4-13-10-20-16(24-13)11-22-17(19-5-2)21-9-12-6-7-15(23-3)14(18)8-12/h6-8,10H,4-5,9,11H2,1-3H3,(H2,19,21,22). The Morgan fingerprint density at radius 2 is 2.17 bits per heavy atom. The second-order valence-corrected chi connectivity index (χ2v) is 7.15. The number of hydrogen-bond acceptors (Lipinski definition) is 4. The van der Waals surface area contributed by atoms with Crippen molar-refractivity contribution in [2.24, 2.45) is 4.99 Å². The molecule has 1 heterocycles. The molecule has 2 N–H and O–H groups in total. The van der Waals surface area contributed by atoms with Gasteiger partial charge in [-0.25, -0.2) is 9.98 Å². The number of aromatic nitrogens is 1. The van der Waals surface area contributed by atoms with E-state index in [0.717, 1.165) is 39.7 Å². The Balaban J connectivity index is 1.98. The fourth-order valence-electron chi connectivity index (χ4n) is 2.07. The first-order chi connectivity index (χ1) is 11.7. The van der Waals surface area contributed by atoms with Gasteiger partial charge in [0.05, 0.1) is 24.7 Å². The third kappa shape index (κ3) is 5.49. The molecule has 1 aromatic heterocycles. The summed E-state index contributed by atoms with van der Waals surface area (Å²) >= 11 is 5.24. The van der Waals surface area contributed by atoms with Crippen LogP contribution in [0.25, 0.3) is 0 Å². The zero-order chi connectivity index (χ0) is 17.4. The lowest BCUT2D eigenvalue weighted by molar-refractivity contribution is 0.412. The fraction of sp³-hybridized carbons (Fsp3) is 0.412. The first kappa shape index (κ1) is 18.7. The second kappa shape index (κ2) is 9.64. The Hall–Kier alpha value is -1.60. The molecule has 0 saturated heterocycles. The van der Waals surface area contributed by atoms with Crippen LogP contribution in [0, 0.1) is 0 Å². The smallest absolute Gasteiger partial charge is 0.191 e. The molecule has 0 bridgehead atoms. The van der Waals surface area contributed by atoms with Crippen molar-refractivity contribution in [2.75, 3.05) is 13.7 Å². The summed E-state index contributed by atoms with van der Waals surface area (Å²) in [6, 6.07) is 5.99. The van der Waals surface area contributed by atoms with E-state index in [0.29, 0.717) is 13.1 Å². The van der Waals surface area contributed by atoms with Crippen LogP contribution in [-0.4, -0.2) is 24.6 Å². The molecule has 0 radical (unpaired) electrons. The van der Waals surface area contributed by atoms with Gasteiger partial charge < -0.3 is 15.4 Å². The molecule has 130 valence electrons. The monoisotopic (exact) mass is 410 g/mol. The number of guanidine groups is 1.